The predicted molar refractivity (Wildman–Crippen MR) is 81.0 cm³/mol. The number of hydrogen-bond donors (Lipinski definition) is 9. The zero-order chi connectivity index (χ0) is 20.7. The number of phosphoric acid groups is 1. The molecule has 1 rings (SSSR count). The molecule has 26 heavy (non-hydrogen) atoms. The van der Waals surface area contributed by atoms with E-state index in [1.807, 2.05) is 0 Å². The van der Waals surface area contributed by atoms with Gasteiger partial charge in [-0.25, -0.2) is 4.57 Å². The lowest BCUT2D eigenvalue weighted by molar-refractivity contribution is -0.247. The van der Waals surface area contributed by atoms with E-state index in [4.69, 9.17) is 31.5 Å². The van der Waals surface area contributed by atoms with Crippen LogP contribution >= 0.6 is 7.82 Å². The molecule has 5 atom stereocenters. The van der Waals surface area contributed by atoms with Crippen molar-refractivity contribution < 1.29 is 58.7 Å². The minimum atomic E-state index is -4.73. The Hall–Kier alpha value is -1.19. The van der Waals surface area contributed by atoms with E-state index in [2.05, 4.69) is 9.26 Å². The molecule has 15 heteroatoms. The van der Waals surface area contributed by atoms with Crippen molar-refractivity contribution >= 4 is 19.7 Å². The van der Waals surface area contributed by atoms with Gasteiger partial charge in [0.1, 0.15) is 24.4 Å². The van der Waals surface area contributed by atoms with Crippen molar-refractivity contribution in [3.05, 3.63) is 0 Å². The van der Waals surface area contributed by atoms with E-state index in [0.717, 1.165) is 0 Å². The molecule has 0 bridgehead atoms. The van der Waals surface area contributed by atoms with Gasteiger partial charge in [0.2, 0.25) is 11.7 Å². The molecule has 0 saturated carbocycles. The minimum absolute atomic E-state index is 0.0213. The molecule has 0 radical (unpaired) electrons. The van der Waals surface area contributed by atoms with Crippen LogP contribution in [0.1, 0.15) is 12.8 Å². The van der Waals surface area contributed by atoms with Gasteiger partial charge in [0, 0.05) is 6.42 Å². The number of phosphoric ester groups is 1. The first-order valence-corrected chi connectivity index (χ1v) is 8.60. The summed E-state index contributed by atoms with van der Waals surface area (Å²) in [7, 11) is -4.73. The molecule has 1 aliphatic rings. The Morgan fingerprint density at radius 2 is 1.85 bits per heavy atom. The van der Waals surface area contributed by atoms with Gasteiger partial charge in [0.25, 0.3) is 0 Å². The number of aliphatic carboxylic acids is 1. The van der Waals surface area contributed by atoms with Crippen molar-refractivity contribution in [3.63, 3.8) is 0 Å². The number of primary amides is 1. The lowest BCUT2D eigenvalue weighted by Crippen LogP contribution is -2.46. The van der Waals surface area contributed by atoms with Crippen LogP contribution in [0.4, 0.5) is 0 Å². The van der Waals surface area contributed by atoms with E-state index in [0.29, 0.717) is 0 Å². The van der Waals surface area contributed by atoms with Crippen LogP contribution in [0.15, 0.2) is 0 Å². The number of carboxylic acid groups (broad SMARTS) is 1. The number of rotatable bonds is 8. The molecule has 14 nitrogen and oxygen atoms in total. The highest BCUT2D eigenvalue weighted by Crippen LogP contribution is 2.38. The number of aliphatic hydroxyl groups is 4. The zero-order valence-electron chi connectivity index (χ0n) is 13.4. The van der Waals surface area contributed by atoms with Crippen LogP contribution in [-0.2, 0) is 23.4 Å². The van der Waals surface area contributed by atoms with Crippen molar-refractivity contribution in [1.82, 2.24) is 0 Å². The molecule has 0 aromatic carbocycles. The fraction of sp³-hybridized carbons (Fsp3) is 0.818. The summed E-state index contributed by atoms with van der Waals surface area (Å²) in [6, 6.07) is -0.979. The largest absolute Gasteiger partial charge is 0.480 e. The van der Waals surface area contributed by atoms with Gasteiger partial charge in [-0.2, -0.15) is 0 Å². The molecule has 1 heterocycles. The summed E-state index contributed by atoms with van der Waals surface area (Å²) in [6.45, 7) is -1.71. The third kappa shape index (κ3) is 8.46. The number of carbonyl (C=O) groups is 2. The van der Waals surface area contributed by atoms with Gasteiger partial charge in [-0.3, -0.25) is 14.1 Å². The van der Waals surface area contributed by atoms with Gasteiger partial charge in [-0.1, -0.05) is 0 Å². The lowest BCUT2D eigenvalue weighted by Gasteiger charge is -2.22. The maximum Gasteiger partial charge on any atom is 0.469 e. The Labute approximate surface area is 147 Å². The first kappa shape index (κ1) is 24.8. The molecule has 1 unspecified atom stereocenters. The molecule has 11 N–H and O–H groups in total. The third-order valence-corrected chi connectivity index (χ3v) is 3.66. The van der Waals surface area contributed by atoms with Gasteiger partial charge in [-0.15, -0.1) is 0 Å². The molecule has 0 aliphatic carbocycles. The van der Waals surface area contributed by atoms with Gasteiger partial charge in [0.05, 0.1) is 13.2 Å². The zero-order valence-corrected chi connectivity index (χ0v) is 14.3. The highest BCUT2D eigenvalue weighted by atomic mass is 31.2. The molecule has 0 aromatic rings. The molecule has 1 amide bonds. The molecule has 1 aliphatic heterocycles. The number of carboxylic acids is 1. The maximum atomic E-state index is 10.4. The van der Waals surface area contributed by atoms with E-state index in [1.54, 1.807) is 0 Å². The number of amides is 1. The van der Waals surface area contributed by atoms with Gasteiger partial charge < -0.3 is 51.5 Å². The topological polar surface area (TPSA) is 263 Å². The van der Waals surface area contributed by atoms with E-state index >= 15 is 0 Å². The minimum Gasteiger partial charge on any atom is -0.480 e. The smallest absolute Gasteiger partial charge is 0.469 e. The summed E-state index contributed by atoms with van der Waals surface area (Å²) < 4.78 is 19.1. The second kappa shape index (κ2) is 10.2. The van der Waals surface area contributed by atoms with Crippen LogP contribution in [0, 0.1) is 0 Å². The highest BCUT2D eigenvalue weighted by Gasteiger charge is 2.53. The number of hydrogen-bond acceptors (Lipinski definition) is 10. The molecule has 0 aromatic heterocycles. The molecule has 0 spiro atoms. The van der Waals surface area contributed by atoms with Crippen molar-refractivity contribution in [2.24, 2.45) is 11.5 Å². The molecule has 1 saturated heterocycles. The quantitative estimate of drug-likeness (QED) is 0.172. The van der Waals surface area contributed by atoms with Gasteiger partial charge in [0.15, 0.2) is 0 Å². The summed E-state index contributed by atoms with van der Waals surface area (Å²) in [5.41, 5.74) is 9.81. The van der Waals surface area contributed by atoms with Gasteiger partial charge in [-0.05, 0) is 6.42 Å². The van der Waals surface area contributed by atoms with Crippen molar-refractivity contribution in [3.8, 4) is 0 Å². The Kier molecular flexibility index (Phi) is 9.76. The lowest BCUT2D eigenvalue weighted by atomic mass is 10.1. The number of carbonyl (C=O) groups excluding carboxylic acids is 1. The van der Waals surface area contributed by atoms with Crippen molar-refractivity contribution in [1.29, 1.82) is 0 Å². The van der Waals surface area contributed by atoms with E-state index < -0.39 is 63.1 Å². The number of ether oxygens (including phenoxy) is 1. The fourth-order valence-corrected chi connectivity index (χ4v) is 2.07. The summed E-state index contributed by atoms with van der Waals surface area (Å²) >= 11 is 0. The first-order chi connectivity index (χ1) is 11.7. The predicted octanol–water partition coefficient (Wildman–Crippen LogP) is -4.44. The van der Waals surface area contributed by atoms with Crippen LogP contribution in [-0.4, -0.2) is 90.6 Å². The Morgan fingerprint density at radius 3 is 2.19 bits per heavy atom. The first-order valence-electron chi connectivity index (χ1n) is 7.07. The Morgan fingerprint density at radius 1 is 1.31 bits per heavy atom. The Bertz CT molecular complexity index is 527. The number of aliphatic hydroxyl groups excluding tert-OH is 3. The molecular formula is C11H23N2O12P. The van der Waals surface area contributed by atoms with Crippen LogP contribution in [0.3, 0.4) is 0 Å². The van der Waals surface area contributed by atoms with E-state index in [9.17, 15) is 29.5 Å². The van der Waals surface area contributed by atoms with E-state index in [1.165, 1.54) is 0 Å². The summed E-state index contributed by atoms with van der Waals surface area (Å²) in [4.78, 5) is 36.9. The second-order valence-electron chi connectivity index (χ2n) is 5.33. The van der Waals surface area contributed by atoms with Crippen LogP contribution in [0.2, 0.25) is 0 Å². The molecular weight excluding hydrogens is 383 g/mol. The summed E-state index contributed by atoms with van der Waals surface area (Å²) in [5, 5.41) is 45.0. The van der Waals surface area contributed by atoms with Crippen molar-refractivity contribution in [2.45, 2.75) is 43.0 Å². The third-order valence-electron chi connectivity index (χ3n) is 3.17. The summed E-state index contributed by atoms with van der Waals surface area (Å²) in [5.74, 6) is -4.00. The van der Waals surface area contributed by atoms with Crippen LogP contribution in [0.5, 0.6) is 0 Å². The van der Waals surface area contributed by atoms with Crippen molar-refractivity contribution in [2.75, 3.05) is 13.2 Å². The van der Waals surface area contributed by atoms with Crippen LogP contribution < -0.4 is 11.5 Å². The SMILES string of the molecule is NC(=O)CCC(N)C(=O)O.O=P(O)(O)OC[C@H]1O[C@](O)(CO)[C@@H](O)[C@@H]1O. The monoisotopic (exact) mass is 406 g/mol. The normalized spacial score (nSPS) is 29.6. The van der Waals surface area contributed by atoms with Gasteiger partial charge >= 0.3 is 13.8 Å². The standard InChI is InChI=1S/C6H13O9P.C5H10N2O3/c7-2-6(10)5(9)4(8)3(15-6)1-14-16(11,12)13;6-3(5(9)10)1-2-4(7)8/h3-5,7-10H,1-2H2,(H2,11,12,13);3H,1-2,6H2,(H2,7,8)(H,9,10)/t3-,4-,5+,6-;/m1./s1. The fourth-order valence-electron chi connectivity index (χ4n) is 1.73. The van der Waals surface area contributed by atoms with Crippen LogP contribution in [0.25, 0.3) is 0 Å². The average molecular weight is 406 g/mol. The number of nitrogens with two attached hydrogens (primary N) is 2. The molecule has 154 valence electrons. The average Bonchev–Trinajstić information content (AvgIpc) is 2.75. The van der Waals surface area contributed by atoms with E-state index in [-0.39, 0.29) is 12.8 Å². The molecule has 1 fully saturated rings. The second-order valence-corrected chi connectivity index (χ2v) is 6.57. The maximum absolute atomic E-state index is 10.4. The Balaban J connectivity index is 0.000000541. The highest BCUT2D eigenvalue weighted by molar-refractivity contribution is 7.46. The summed E-state index contributed by atoms with van der Waals surface area (Å²) in [6.07, 6.45) is -4.63.